The van der Waals surface area contributed by atoms with Crippen molar-refractivity contribution in [1.82, 2.24) is 15.5 Å². The molecule has 0 rings (SSSR count). The van der Waals surface area contributed by atoms with E-state index < -0.39 is 29.4 Å². The molecular formula is C20H39N3O8. The van der Waals surface area contributed by atoms with Crippen LogP contribution in [0.2, 0.25) is 0 Å². The number of hydrogen-bond donors (Lipinski definition) is 3. The molecule has 0 atom stereocenters. The van der Waals surface area contributed by atoms with Gasteiger partial charge in [0.1, 0.15) is 11.2 Å². The third-order valence-electron chi connectivity index (χ3n) is 3.29. The molecule has 182 valence electrons. The molecule has 0 aliphatic rings. The second-order valence-electron chi connectivity index (χ2n) is 8.75. The molecule has 2 amide bonds. The molecule has 0 bridgehead atoms. The number of hydrogen-bond acceptors (Lipinski definition) is 8. The van der Waals surface area contributed by atoms with E-state index in [2.05, 4.69) is 10.6 Å². The molecule has 31 heavy (non-hydrogen) atoms. The number of nitrogens with zero attached hydrogens (tertiary/aromatic N) is 1. The Hall–Kier alpha value is -2.11. The Labute approximate surface area is 184 Å². The molecule has 0 aromatic heterocycles. The zero-order valence-electron chi connectivity index (χ0n) is 19.6. The predicted molar refractivity (Wildman–Crippen MR) is 114 cm³/mol. The summed E-state index contributed by atoms with van der Waals surface area (Å²) < 4.78 is 21.1. The zero-order valence-corrected chi connectivity index (χ0v) is 19.6. The van der Waals surface area contributed by atoms with Crippen molar-refractivity contribution in [1.29, 1.82) is 0 Å². The van der Waals surface area contributed by atoms with E-state index in [4.69, 9.17) is 24.1 Å². The van der Waals surface area contributed by atoms with Crippen LogP contribution in [0.25, 0.3) is 0 Å². The highest BCUT2D eigenvalue weighted by Crippen LogP contribution is 2.06. The fraction of sp³-hybridized carbons (Fsp3) is 0.850. The number of carboxylic acids is 1. The highest BCUT2D eigenvalue weighted by molar-refractivity contribution is 5.69. The maximum absolute atomic E-state index is 11.5. The number of ether oxygens (including phenoxy) is 4. The highest BCUT2D eigenvalue weighted by atomic mass is 16.6. The Morgan fingerprint density at radius 2 is 1.13 bits per heavy atom. The summed E-state index contributed by atoms with van der Waals surface area (Å²) in [7, 11) is 0. The van der Waals surface area contributed by atoms with Gasteiger partial charge < -0.3 is 34.7 Å². The lowest BCUT2D eigenvalue weighted by Gasteiger charge is -2.21. The van der Waals surface area contributed by atoms with E-state index in [1.54, 1.807) is 46.4 Å². The molecule has 11 nitrogen and oxygen atoms in total. The van der Waals surface area contributed by atoms with Crippen LogP contribution in [0.4, 0.5) is 9.59 Å². The van der Waals surface area contributed by atoms with E-state index in [9.17, 15) is 14.4 Å². The third kappa shape index (κ3) is 20.9. The van der Waals surface area contributed by atoms with Gasteiger partial charge in [-0.15, -0.1) is 0 Å². The maximum atomic E-state index is 11.5. The van der Waals surface area contributed by atoms with Gasteiger partial charge in [-0.05, 0) is 41.5 Å². The van der Waals surface area contributed by atoms with Crippen molar-refractivity contribution >= 4 is 18.2 Å². The van der Waals surface area contributed by atoms with E-state index in [0.29, 0.717) is 39.4 Å². The molecule has 0 aliphatic carbocycles. The monoisotopic (exact) mass is 449 g/mol. The average Bonchev–Trinajstić information content (AvgIpc) is 2.56. The lowest BCUT2D eigenvalue weighted by atomic mass is 10.2. The number of aliphatic carboxylic acids is 1. The first-order valence-electron chi connectivity index (χ1n) is 10.3. The van der Waals surface area contributed by atoms with Crippen LogP contribution in [0, 0.1) is 0 Å². The summed E-state index contributed by atoms with van der Waals surface area (Å²) in [5.74, 6) is -0.946. The topological polar surface area (TPSA) is 136 Å². The number of nitrogens with one attached hydrogen (secondary N) is 2. The molecule has 3 N–H and O–H groups in total. The molecule has 0 saturated heterocycles. The molecular weight excluding hydrogens is 410 g/mol. The lowest BCUT2D eigenvalue weighted by Crippen LogP contribution is -2.37. The van der Waals surface area contributed by atoms with Crippen molar-refractivity contribution in [2.24, 2.45) is 0 Å². The minimum atomic E-state index is -0.946. The summed E-state index contributed by atoms with van der Waals surface area (Å²) in [6.07, 6.45) is -1.02. The third-order valence-corrected chi connectivity index (χ3v) is 3.29. The van der Waals surface area contributed by atoms with Crippen molar-refractivity contribution in [3.8, 4) is 0 Å². The van der Waals surface area contributed by atoms with E-state index in [-0.39, 0.29) is 19.8 Å². The number of carbonyl (C=O) groups is 3. The summed E-state index contributed by atoms with van der Waals surface area (Å²) in [5.41, 5.74) is -1.12. The second-order valence-corrected chi connectivity index (χ2v) is 8.75. The molecule has 0 aliphatic heterocycles. The van der Waals surface area contributed by atoms with Crippen molar-refractivity contribution in [3.05, 3.63) is 0 Å². The van der Waals surface area contributed by atoms with Crippen LogP contribution in [0.3, 0.4) is 0 Å². The number of amides is 2. The molecule has 0 heterocycles. The van der Waals surface area contributed by atoms with Crippen molar-refractivity contribution in [3.63, 3.8) is 0 Å². The van der Waals surface area contributed by atoms with Gasteiger partial charge in [-0.3, -0.25) is 9.69 Å². The summed E-state index contributed by atoms with van der Waals surface area (Å²) >= 11 is 0. The van der Waals surface area contributed by atoms with Gasteiger partial charge in [0, 0.05) is 26.2 Å². The summed E-state index contributed by atoms with van der Waals surface area (Å²) in [4.78, 5) is 35.7. The minimum absolute atomic E-state index is 0.140. The molecule has 11 heteroatoms. The Kier molecular flexibility index (Phi) is 13.8. The van der Waals surface area contributed by atoms with Gasteiger partial charge in [0.15, 0.2) is 0 Å². The van der Waals surface area contributed by atoms with E-state index >= 15 is 0 Å². The Morgan fingerprint density at radius 3 is 1.45 bits per heavy atom. The smallest absolute Gasteiger partial charge is 0.407 e. The fourth-order valence-corrected chi connectivity index (χ4v) is 2.13. The Balaban J connectivity index is 3.91. The van der Waals surface area contributed by atoms with E-state index in [1.165, 1.54) is 0 Å². The molecule has 0 spiro atoms. The van der Waals surface area contributed by atoms with Gasteiger partial charge >= 0.3 is 18.2 Å². The van der Waals surface area contributed by atoms with Gasteiger partial charge in [-0.2, -0.15) is 0 Å². The van der Waals surface area contributed by atoms with Gasteiger partial charge in [-0.25, -0.2) is 9.59 Å². The number of carbonyl (C=O) groups excluding carboxylic acids is 2. The SMILES string of the molecule is CC(C)(C)OC(=O)NCCOCCN(CCOCCNC(=O)OC(C)(C)C)CC(=O)O. The lowest BCUT2D eigenvalue weighted by molar-refractivity contribution is -0.138. The van der Waals surface area contributed by atoms with Crippen LogP contribution in [0.15, 0.2) is 0 Å². The molecule has 0 saturated carbocycles. The van der Waals surface area contributed by atoms with E-state index in [1.807, 2.05) is 0 Å². The van der Waals surface area contributed by atoms with Gasteiger partial charge in [0.25, 0.3) is 0 Å². The minimum Gasteiger partial charge on any atom is -0.480 e. The first kappa shape index (κ1) is 28.9. The van der Waals surface area contributed by atoms with Crippen LogP contribution >= 0.6 is 0 Å². The molecule has 0 unspecified atom stereocenters. The number of alkyl carbamates (subject to hydrolysis) is 2. The maximum Gasteiger partial charge on any atom is 0.407 e. The Morgan fingerprint density at radius 1 is 0.742 bits per heavy atom. The van der Waals surface area contributed by atoms with Crippen LogP contribution in [-0.4, -0.2) is 98.5 Å². The van der Waals surface area contributed by atoms with Crippen molar-refractivity contribution in [2.45, 2.75) is 52.7 Å². The molecule has 0 aromatic rings. The van der Waals surface area contributed by atoms with Crippen LogP contribution < -0.4 is 10.6 Å². The first-order valence-corrected chi connectivity index (χ1v) is 10.3. The van der Waals surface area contributed by atoms with E-state index in [0.717, 1.165) is 0 Å². The van der Waals surface area contributed by atoms with Crippen LogP contribution in [-0.2, 0) is 23.7 Å². The fourth-order valence-electron chi connectivity index (χ4n) is 2.13. The normalized spacial score (nSPS) is 11.8. The van der Waals surface area contributed by atoms with Crippen LogP contribution in [0.5, 0.6) is 0 Å². The van der Waals surface area contributed by atoms with Crippen LogP contribution in [0.1, 0.15) is 41.5 Å². The molecule has 0 radical (unpaired) electrons. The van der Waals surface area contributed by atoms with Crippen molar-refractivity contribution in [2.75, 3.05) is 59.2 Å². The summed E-state index contributed by atoms with van der Waals surface area (Å²) in [6, 6.07) is 0. The molecule has 0 fully saturated rings. The quantitative estimate of drug-likeness (QED) is 0.337. The predicted octanol–water partition coefficient (Wildman–Crippen LogP) is 1.46. The summed E-state index contributed by atoms with van der Waals surface area (Å²) in [5, 5.41) is 14.2. The number of carboxylic acid groups (broad SMARTS) is 1. The van der Waals surface area contributed by atoms with Gasteiger partial charge in [0.05, 0.1) is 33.0 Å². The first-order chi connectivity index (χ1) is 14.3. The number of rotatable bonds is 14. The Bertz CT molecular complexity index is 504. The van der Waals surface area contributed by atoms with Gasteiger partial charge in [0.2, 0.25) is 0 Å². The second kappa shape index (κ2) is 14.8. The zero-order chi connectivity index (χ0) is 23.9. The van der Waals surface area contributed by atoms with Gasteiger partial charge in [-0.1, -0.05) is 0 Å². The molecule has 0 aromatic carbocycles. The standard InChI is InChI=1S/C20H39N3O8/c1-19(2,3)30-17(26)21-7-11-28-13-9-23(15-16(24)25)10-14-29-12-8-22-18(27)31-20(4,5)6/h7-15H2,1-6H3,(H,21,26)(H,22,27)(H,24,25). The summed E-state index contributed by atoms with van der Waals surface area (Å²) in [6.45, 7) is 13.1. The highest BCUT2D eigenvalue weighted by Gasteiger charge is 2.16. The largest absolute Gasteiger partial charge is 0.480 e. The van der Waals surface area contributed by atoms with Crippen molar-refractivity contribution < 1.29 is 38.4 Å². The average molecular weight is 450 g/mol.